The molecule has 3 atom stereocenters. The van der Waals surface area contributed by atoms with E-state index in [9.17, 15) is 4.79 Å². The molecule has 1 aliphatic rings. The van der Waals surface area contributed by atoms with Crippen molar-refractivity contribution in [1.29, 1.82) is 0 Å². The Balaban J connectivity index is 2.77. The van der Waals surface area contributed by atoms with Gasteiger partial charge in [-0.3, -0.25) is 10.1 Å². The first-order valence-electron chi connectivity index (χ1n) is 8.25. The predicted octanol–water partition coefficient (Wildman–Crippen LogP) is 2.30. The molecule has 0 saturated carbocycles. The third-order valence-corrected chi connectivity index (χ3v) is 4.28. The normalized spacial score (nSPS) is 25.0. The lowest BCUT2D eigenvalue weighted by Crippen LogP contribution is -2.48. The third kappa shape index (κ3) is 4.19. The van der Waals surface area contributed by atoms with Gasteiger partial charge in [0.2, 0.25) is 5.91 Å². The van der Waals surface area contributed by atoms with E-state index in [1.54, 1.807) is 0 Å². The molecule has 0 aromatic carbocycles. The fourth-order valence-electron chi connectivity index (χ4n) is 3.11. The van der Waals surface area contributed by atoms with Crippen molar-refractivity contribution in [2.45, 2.75) is 72.6 Å². The number of likely N-dealkylation sites (N-methyl/N-ethyl adjacent to an activating group) is 1. The molecule has 0 spiro atoms. The van der Waals surface area contributed by atoms with Crippen molar-refractivity contribution >= 4 is 5.91 Å². The number of hydrogen-bond acceptors (Lipinski definition) is 3. The fourth-order valence-corrected chi connectivity index (χ4v) is 3.11. The van der Waals surface area contributed by atoms with Crippen LogP contribution < -0.4 is 5.32 Å². The maximum absolute atomic E-state index is 12.6. The number of carbonyl (C=O) groups excluding carboxylic acids is 1. The van der Waals surface area contributed by atoms with Gasteiger partial charge < -0.3 is 9.80 Å². The zero-order valence-corrected chi connectivity index (χ0v) is 14.1. The van der Waals surface area contributed by atoms with Crippen LogP contribution in [0.2, 0.25) is 0 Å². The molecule has 0 aromatic rings. The zero-order chi connectivity index (χ0) is 15.3. The first kappa shape index (κ1) is 17.4. The van der Waals surface area contributed by atoms with Crippen molar-refractivity contribution in [3.05, 3.63) is 0 Å². The summed E-state index contributed by atoms with van der Waals surface area (Å²) in [7, 11) is 0. The van der Waals surface area contributed by atoms with Crippen molar-refractivity contribution in [3.63, 3.8) is 0 Å². The summed E-state index contributed by atoms with van der Waals surface area (Å²) >= 11 is 0. The molecule has 118 valence electrons. The summed E-state index contributed by atoms with van der Waals surface area (Å²) in [6.45, 7) is 16.1. The average Bonchev–Trinajstić information content (AvgIpc) is 2.71. The largest absolute Gasteiger partial charge is 0.322 e. The van der Waals surface area contributed by atoms with Crippen LogP contribution in [0.25, 0.3) is 0 Å². The summed E-state index contributed by atoms with van der Waals surface area (Å²) in [5, 5.41) is 3.52. The molecule has 0 bridgehead atoms. The molecule has 0 radical (unpaired) electrons. The van der Waals surface area contributed by atoms with E-state index in [0.717, 1.165) is 32.5 Å². The van der Waals surface area contributed by atoms with Crippen molar-refractivity contribution in [2.75, 3.05) is 19.6 Å². The standard InChI is InChI=1S/C16H33N3O/c1-7-14-16(20)19(15(17-14)10-12(4)5)13(6)11-18(8-2)9-3/h12-15,17H,7-11H2,1-6H3. The van der Waals surface area contributed by atoms with E-state index >= 15 is 0 Å². The molecule has 20 heavy (non-hydrogen) atoms. The Morgan fingerprint density at radius 2 is 1.80 bits per heavy atom. The topological polar surface area (TPSA) is 35.6 Å². The van der Waals surface area contributed by atoms with E-state index in [4.69, 9.17) is 0 Å². The molecule has 0 aromatic heterocycles. The van der Waals surface area contributed by atoms with E-state index in [-0.39, 0.29) is 24.2 Å². The monoisotopic (exact) mass is 283 g/mol. The second kappa shape index (κ2) is 7.99. The minimum Gasteiger partial charge on any atom is -0.322 e. The summed E-state index contributed by atoms with van der Waals surface area (Å²) in [5.41, 5.74) is 0. The number of hydrogen-bond donors (Lipinski definition) is 1. The summed E-state index contributed by atoms with van der Waals surface area (Å²) in [4.78, 5) is 17.1. The summed E-state index contributed by atoms with van der Waals surface area (Å²) in [6, 6.07) is 0.285. The van der Waals surface area contributed by atoms with Gasteiger partial charge in [-0.05, 0) is 38.8 Å². The lowest BCUT2D eigenvalue weighted by molar-refractivity contribution is -0.132. The highest BCUT2D eigenvalue weighted by Gasteiger charge is 2.40. The molecule has 1 N–H and O–H groups in total. The van der Waals surface area contributed by atoms with Crippen LogP contribution in [0.1, 0.15) is 54.4 Å². The summed E-state index contributed by atoms with van der Waals surface area (Å²) in [6.07, 6.45) is 2.12. The molecule has 1 fully saturated rings. The Morgan fingerprint density at radius 3 is 2.25 bits per heavy atom. The fraction of sp³-hybridized carbons (Fsp3) is 0.938. The average molecular weight is 283 g/mol. The quantitative estimate of drug-likeness (QED) is 0.742. The van der Waals surface area contributed by atoms with Crippen LogP contribution in [0.15, 0.2) is 0 Å². The molecule has 3 unspecified atom stereocenters. The predicted molar refractivity (Wildman–Crippen MR) is 84.6 cm³/mol. The van der Waals surface area contributed by atoms with Crippen LogP contribution >= 0.6 is 0 Å². The molecule has 1 rings (SSSR count). The Hall–Kier alpha value is -0.610. The Morgan fingerprint density at radius 1 is 1.20 bits per heavy atom. The van der Waals surface area contributed by atoms with Gasteiger partial charge in [-0.15, -0.1) is 0 Å². The van der Waals surface area contributed by atoms with Gasteiger partial charge in [-0.25, -0.2) is 0 Å². The Kier molecular flexibility index (Phi) is 6.96. The molecule has 1 saturated heterocycles. The van der Waals surface area contributed by atoms with Crippen molar-refractivity contribution in [3.8, 4) is 0 Å². The van der Waals surface area contributed by atoms with E-state index in [1.807, 2.05) is 0 Å². The third-order valence-electron chi connectivity index (χ3n) is 4.28. The lowest BCUT2D eigenvalue weighted by atomic mass is 10.1. The Bertz CT molecular complexity index is 302. The smallest absolute Gasteiger partial charge is 0.241 e. The maximum Gasteiger partial charge on any atom is 0.241 e. The van der Waals surface area contributed by atoms with E-state index < -0.39 is 0 Å². The van der Waals surface area contributed by atoms with E-state index in [2.05, 4.69) is 56.7 Å². The number of amides is 1. The van der Waals surface area contributed by atoms with Crippen LogP contribution in [0, 0.1) is 5.92 Å². The van der Waals surface area contributed by atoms with Crippen molar-refractivity contribution in [1.82, 2.24) is 15.1 Å². The van der Waals surface area contributed by atoms with Gasteiger partial charge in [0.1, 0.15) is 0 Å². The van der Waals surface area contributed by atoms with Crippen LogP contribution in [0.3, 0.4) is 0 Å². The van der Waals surface area contributed by atoms with E-state index in [0.29, 0.717) is 5.92 Å². The molecule has 0 aliphatic carbocycles. The summed E-state index contributed by atoms with van der Waals surface area (Å²) in [5.74, 6) is 0.886. The highest BCUT2D eigenvalue weighted by atomic mass is 16.2. The van der Waals surface area contributed by atoms with Crippen LogP contribution in [0.4, 0.5) is 0 Å². The number of nitrogens with one attached hydrogen (secondary N) is 1. The number of nitrogens with zero attached hydrogens (tertiary/aromatic N) is 2. The highest BCUT2D eigenvalue weighted by molar-refractivity contribution is 5.84. The van der Waals surface area contributed by atoms with Gasteiger partial charge in [-0.1, -0.05) is 34.6 Å². The molecule has 4 nitrogen and oxygen atoms in total. The van der Waals surface area contributed by atoms with Crippen LogP contribution in [0.5, 0.6) is 0 Å². The molecule has 1 amide bonds. The Labute approximate surface area is 124 Å². The van der Waals surface area contributed by atoms with Crippen LogP contribution in [-0.4, -0.2) is 53.6 Å². The van der Waals surface area contributed by atoms with E-state index in [1.165, 1.54) is 0 Å². The molecule has 1 heterocycles. The van der Waals surface area contributed by atoms with Gasteiger partial charge in [0, 0.05) is 12.6 Å². The zero-order valence-electron chi connectivity index (χ0n) is 14.1. The molecule has 4 heteroatoms. The second-order valence-electron chi connectivity index (χ2n) is 6.35. The van der Waals surface area contributed by atoms with Crippen molar-refractivity contribution in [2.24, 2.45) is 5.92 Å². The first-order valence-corrected chi connectivity index (χ1v) is 8.25. The number of rotatable bonds is 8. The maximum atomic E-state index is 12.6. The highest BCUT2D eigenvalue weighted by Crippen LogP contribution is 2.22. The second-order valence-corrected chi connectivity index (χ2v) is 6.35. The van der Waals surface area contributed by atoms with Crippen LogP contribution in [-0.2, 0) is 4.79 Å². The molecule has 1 aliphatic heterocycles. The van der Waals surface area contributed by atoms with Gasteiger partial charge in [0.15, 0.2) is 0 Å². The summed E-state index contributed by atoms with van der Waals surface area (Å²) < 4.78 is 0. The number of carbonyl (C=O) groups is 1. The van der Waals surface area contributed by atoms with Crippen molar-refractivity contribution < 1.29 is 4.79 Å². The molecular formula is C16H33N3O. The SMILES string of the molecule is CCC1NC(CC(C)C)N(C(C)CN(CC)CC)C1=O. The van der Waals surface area contributed by atoms with Gasteiger partial charge in [0.25, 0.3) is 0 Å². The minimum absolute atomic E-state index is 0.0119. The van der Waals surface area contributed by atoms with Gasteiger partial charge >= 0.3 is 0 Å². The molecular weight excluding hydrogens is 250 g/mol. The van der Waals surface area contributed by atoms with Gasteiger partial charge in [0.05, 0.1) is 12.2 Å². The van der Waals surface area contributed by atoms with Gasteiger partial charge in [-0.2, -0.15) is 0 Å². The lowest BCUT2D eigenvalue weighted by Gasteiger charge is -2.34. The minimum atomic E-state index is 0.0119. The first-order chi connectivity index (χ1) is 9.44.